The number of ether oxygens (including phenoxy) is 1. The maximum Gasteiger partial charge on any atom is 0.409 e. The molecule has 4 rings (SSSR count). The van der Waals surface area contributed by atoms with Crippen LogP contribution in [0.3, 0.4) is 0 Å². The van der Waals surface area contributed by atoms with Crippen LogP contribution in [0, 0.1) is 35.5 Å². The number of amides is 9. The van der Waals surface area contributed by atoms with Crippen molar-refractivity contribution < 1.29 is 53.0 Å². The zero-order valence-corrected chi connectivity index (χ0v) is 38.7. The lowest BCUT2D eigenvalue weighted by atomic mass is 9.77. The van der Waals surface area contributed by atoms with Crippen LogP contribution in [0.2, 0.25) is 0 Å². The zero-order chi connectivity index (χ0) is 48.1. The van der Waals surface area contributed by atoms with Crippen LogP contribution in [0.5, 0.6) is 0 Å². The molecule has 65 heavy (non-hydrogen) atoms. The number of carboxylic acid groups (broad SMARTS) is 1. The molecule has 358 valence electrons. The average molecular weight is 909 g/mol. The van der Waals surface area contributed by atoms with Crippen molar-refractivity contribution in [2.24, 2.45) is 41.2 Å². The number of aliphatic carboxylic acids is 1. The van der Waals surface area contributed by atoms with E-state index in [0.29, 0.717) is 43.0 Å². The highest BCUT2D eigenvalue weighted by molar-refractivity contribution is 6.06. The summed E-state index contributed by atoms with van der Waals surface area (Å²) < 4.78 is 5.34. The van der Waals surface area contributed by atoms with Gasteiger partial charge >= 0.3 is 18.1 Å². The van der Waals surface area contributed by atoms with Crippen LogP contribution < -0.4 is 27.0 Å². The molecule has 2 fully saturated rings. The molecule has 0 radical (unpaired) electrons. The fraction of sp³-hybridized carbons (Fsp3) is 0.630. The molecule has 0 aromatic heterocycles. The molecular weight excluding hydrogens is 841 g/mol. The van der Waals surface area contributed by atoms with E-state index in [1.54, 1.807) is 38.1 Å². The van der Waals surface area contributed by atoms with Gasteiger partial charge in [-0.15, -0.1) is 0 Å². The van der Waals surface area contributed by atoms with Crippen molar-refractivity contribution in [3.05, 3.63) is 41.5 Å². The van der Waals surface area contributed by atoms with E-state index in [0.717, 1.165) is 17.7 Å². The van der Waals surface area contributed by atoms with Gasteiger partial charge < -0.3 is 46.6 Å². The van der Waals surface area contributed by atoms with Gasteiger partial charge in [-0.05, 0) is 86.8 Å². The standard InChI is InChI=1S/C46H68N8O11/c1-8-27(4)32-23-30-24-33(32)38-37(30)42(59)54(43(38)60)21-11-9-10-14-35(55)51-39(26(2)3)41(58)50-34(13-12-20-48-45(47)63)40(57)49-31-17-15-29(16-18-31)25-65-46(64)52(6)22-19-36(56)53(7)28(5)44(61)62/h15-18,23,26-28,30,33-34,37-39H,8-14,19-22,24-25H2,1-7H3,(H,49,57)(H,50,58)(H,51,55)(H,61,62)(H3,47,48,63)/t27?,28-,30?,33?,34-,37?,38?,39-/m0/s1. The largest absolute Gasteiger partial charge is 0.480 e. The number of nitrogens with zero attached hydrogens (tertiary/aromatic N) is 3. The molecule has 1 aromatic carbocycles. The predicted molar refractivity (Wildman–Crippen MR) is 239 cm³/mol. The Morgan fingerprint density at radius 1 is 0.892 bits per heavy atom. The number of carbonyl (C=O) groups is 9. The van der Waals surface area contributed by atoms with Crippen molar-refractivity contribution in [1.82, 2.24) is 30.7 Å². The minimum absolute atomic E-state index is 0.00773. The second-order valence-electron chi connectivity index (χ2n) is 17.9. The second kappa shape index (κ2) is 23.8. The molecule has 1 aliphatic heterocycles. The van der Waals surface area contributed by atoms with E-state index in [2.05, 4.69) is 41.2 Å². The fourth-order valence-corrected chi connectivity index (χ4v) is 8.75. The van der Waals surface area contributed by atoms with Gasteiger partial charge in [-0.1, -0.05) is 57.9 Å². The van der Waals surface area contributed by atoms with Crippen LogP contribution in [0.4, 0.5) is 15.3 Å². The van der Waals surface area contributed by atoms with Gasteiger partial charge in [0.15, 0.2) is 0 Å². The number of imide groups is 1. The lowest BCUT2D eigenvalue weighted by Crippen LogP contribution is -2.54. The highest BCUT2D eigenvalue weighted by Crippen LogP contribution is 2.57. The number of nitrogens with two attached hydrogens (primary N) is 1. The Bertz CT molecular complexity index is 1960. The third-order valence-electron chi connectivity index (χ3n) is 13.0. The van der Waals surface area contributed by atoms with Crippen LogP contribution in [0.15, 0.2) is 35.9 Å². The maximum atomic E-state index is 13.6. The molecule has 7 N–H and O–H groups in total. The van der Waals surface area contributed by atoms with Crippen molar-refractivity contribution in [3.63, 3.8) is 0 Å². The normalized spacial score (nSPS) is 20.2. The molecule has 5 unspecified atom stereocenters. The third kappa shape index (κ3) is 13.7. The number of likely N-dealkylation sites (N-methyl/N-ethyl adjacent to an activating group) is 1. The third-order valence-corrected chi connectivity index (χ3v) is 13.0. The van der Waals surface area contributed by atoms with Crippen LogP contribution in [0.25, 0.3) is 0 Å². The Kier molecular flexibility index (Phi) is 18.9. The van der Waals surface area contributed by atoms with E-state index in [1.165, 1.54) is 36.4 Å². The van der Waals surface area contributed by atoms with Crippen molar-refractivity contribution in [2.45, 2.75) is 117 Å². The summed E-state index contributed by atoms with van der Waals surface area (Å²) in [7, 11) is 2.83. The molecule has 2 aliphatic carbocycles. The molecular formula is C46H68N8O11. The number of carboxylic acids is 1. The van der Waals surface area contributed by atoms with E-state index in [1.807, 2.05) is 0 Å². The number of hydrogen-bond acceptors (Lipinski definition) is 10. The molecule has 1 saturated carbocycles. The number of fused-ring (bicyclic) bond motifs is 5. The molecule has 0 spiro atoms. The number of primary amides is 1. The van der Waals surface area contributed by atoms with E-state index < -0.39 is 53.9 Å². The van der Waals surface area contributed by atoms with Crippen molar-refractivity contribution in [1.29, 1.82) is 0 Å². The van der Waals surface area contributed by atoms with Gasteiger partial charge in [-0.25, -0.2) is 14.4 Å². The molecule has 2 bridgehead atoms. The Morgan fingerprint density at radius 2 is 1.57 bits per heavy atom. The summed E-state index contributed by atoms with van der Waals surface area (Å²) in [6, 6.07) is 2.66. The van der Waals surface area contributed by atoms with E-state index in [4.69, 9.17) is 15.6 Å². The number of nitrogens with one attached hydrogen (secondary N) is 4. The van der Waals surface area contributed by atoms with Crippen LogP contribution in [-0.4, -0.2) is 125 Å². The number of rotatable bonds is 25. The second-order valence-corrected chi connectivity index (χ2v) is 17.9. The highest BCUT2D eigenvalue weighted by Gasteiger charge is 2.61. The monoisotopic (exact) mass is 909 g/mol. The quantitative estimate of drug-likeness (QED) is 0.0471. The van der Waals surface area contributed by atoms with Gasteiger partial charge in [0, 0.05) is 52.3 Å². The first-order chi connectivity index (χ1) is 30.7. The van der Waals surface area contributed by atoms with Gasteiger partial charge in [0.2, 0.25) is 35.4 Å². The zero-order valence-electron chi connectivity index (χ0n) is 38.7. The summed E-state index contributed by atoms with van der Waals surface area (Å²) in [5.74, 6) is -3.34. The summed E-state index contributed by atoms with van der Waals surface area (Å²) in [6.45, 7) is 9.60. The number of carbonyl (C=O) groups excluding carboxylic acids is 8. The Morgan fingerprint density at radius 3 is 2.20 bits per heavy atom. The molecule has 19 nitrogen and oxygen atoms in total. The van der Waals surface area contributed by atoms with Gasteiger partial charge in [0.1, 0.15) is 24.7 Å². The van der Waals surface area contributed by atoms with Crippen LogP contribution in [-0.2, 0) is 44.9 Å². The van der Waals surface area contributed by atoms with E-state index in [9.17, 15) is 43.2 Å². The Hall–Kier alpha value is -6.01. The molecule has 1 heterocycles. The number of unbranched alkanes of at least 4 members (excludes halogenated alkanes) is 2. The summed E-state index contributed by atoms with van der Waals surface area (Å²) >= 11 is 0. The fourth-order valence-electron chi connectivity index (χ4n) is 8.75. The number of benzene rings is 1. The molecule has 1 saturated heterocycles. The molecule has 1 aromatic rings. The van der Waals surface area contributed by atoms with Gasteiger partial charge in [-0.2, -0.15) is 0 Å². The highest BCUT2D eigenvalue weighted by atomic mass is 16.6. The number of hydrogen-bond donors (Lipinski definition) is 6. The summed E-state index contributed by atoms with van der Waals surface area (Å²) in [6.07, 6.45) is 5.53. The first-order valence-electron chi connectivity index (χ1n) is 22.7. The van der Waals surface area contributed by atoms with Gasteiger partial charge in [-0.3, -0.25) is 33.7 Å². The summed E-state index contributed by atoms with van der Waals surface area (Å²) in [5.41, 5.74) is 7.49. The Balaban J connectivity index is 1.24. The first-order valence-corrected chi connectivity index (χ1v) is 22.7. The maximum absolute atomic E-state index is 13.6. The Labute approximate surface area is 381 Å². The van der Waals surface area contributed by atoms with Crippen LogP contribution in [0.1, 0.15) is 98.0 Å². The van der Waals surface area contributed by atoms with Crippen LogP contribution >= 0.6 is 0 Å². The smallest absolute Gasteiger partial charge is 0.409 e. The van der Waals surface area contributed by atoms with Crippen molar-refractivity contribution >= 4 is 59.2 Å². The molecule has 19 heteroatoms. The van der Waals surface area contributed by atoms with E-state index >= 15 is 0 Å². The minimum Gasteiger partial charge on any atom is -0.480 e. The molecule has 8 atom stereocenters. The average Bonchev–Trinajstić information content (AvgIpc) is 3.94. The van der Waals surface area contributed by atoms with E-state index in [-0.39, 0.29) is 92.7 Å². The predicted octanol–water partition coefficient (Wildman–Crippen LogP) is 3.37. The number of allylic oxidation sites excluding steroid dienone is 2. The molecule has 3 aliphatic rings. The number of urea groups is 1. The lowest BCUT2D eigenvalue weighted by molar-refractivity contribution is -0.148. The minimum atomic E-state index is -1.14. The van der Waals surface area contributed by atoms with Crippen molar-refractivity contribution in [3.8, 4) is 0 Å². The topological polar surface area (TPSA) is 267 Å². The summed E-state index contributed by atoms with van der Waals surface area (Å²) in [4.78, 5) is 118. The van der Waals surface area contributed by atoms with Gasteiger partial charge in [0.25, 0.3) is 0 Å². The number of anilines is 1. The molecule has 9 amide bonds. The number of likely N-dealkylation sites (tertiary alicyclic amines) is 1. The first kappa shape index (κ1) is 51.6. The van der Waals surface area contributed by atoms with Gasteiger partial charge in [0.05, 0.1) is 11.8 Å². The SMILES string of the molecule is CCC(C)C1=CC2CC1C1C(=O)N(CCCCCC(=O)N[C@H](C(=O)N[C@@H](CCCNC(N)=O)C(=O)Nc3ccc(COC(=O)N(C)CCC(=O)N(C)[C@@H](C)C(=O)O)cc3)C(C)C)C(=O)C21. The summed E-state index contributed by atoms with van der Waals surface area (Å²) in [5, 5.41) is 19.9. The lowest BCUT2D eigenvalue weighted by Gasteiger charge is -2.25. The van der Waals surface area contributed by atoms with Crippen molar-refractivity contribution in [2.75, 3.05) is 39.0 Å².